The third-order valence-corrected chi connectivity index (χ3v) is 3.87. The van der Waals surface area contributed by atoms with E-state index < -0.39 is 0 Å². The second-order valence-electron chi connectivity index (χ2n) is 5.24. The summed E-state index contributed by atoms with van der Waals surface area (Å²) in [6.45, 7) is 6.06. The fourth-order valence-electron chi connectivity index (χ4n) is 2.49. The molecule has 1 aromatic rings. The predicted octanol–water partition coefficient (Wildman–Crippen LogP) is 1.23. The SMILES string of the molecule is Cc1nnc(NC2CCCN(C)C2)c(C(N)=S)c1C. The molecule has 2 rings (SSSR count). The van der Waals surface area contributed by atoms with Crippen LogP contribution in [0, 0.1) is 13.8 Å². The summed E-state index contributed by atoms with van der Waals surface area (Å²) in [7, 11) is 2.13. The third kappa shape index (κ3) is 3.19. The smallest absolute Gasteiger partial charge is 0.159 e. The van der Waals surface area contributed by atoms with Gasteiger partial charge in [-0.1, -0.05) is 12.2 Å². The first-order valence-corrected chi connectivity index (χ1v) is 6.98. The summed E-state index contributed by atoms with van der Waals surface area (Å²) in [5.41, 5.74) is 8.54. The van der Waals surface area contributed by atoms with E-state index >= 15 is 0 Å². The van der Waals surface area contributed by atoms with Crippen LogP contribution in [0.2, 0.25) is 0 Å². The summed E-state index contributed by atoms with van der Waals surface area (Å²) >= 11 is 5.15. The Morgan fingerprint density at radius 1 is 1.42 bits per heavy atom. The van der Waals surface area contributed by atoms with Crippen molar-refractivity contribution in [3.05, 3.63) is 16.8 Å². The number of nitrogens with one attached hydrogen (secondary N) is 1. The van der Waals surface area contributed by atoms with E-state index in [2.05, 4.69) is 27.5 Å². The van der Waals surface area contributed by atoms with Crippen LogP contribution in [0.4, 0.5) is 5.82 Å². The van der Waals surface area contributed by atoms with Gasteiger partial charge in [0.2, 0.25) is 0 Å². The Morgan fingerprint density at radius 2 is 2.16 bits per heavy atom. The van der Waals surface area contributed by atoms with Gasteiger partial charge < -0.3 is 16.0 Å². The van der Waals surface area contributed by atoms with Crippen molar-refractivity contribution in [3.8, 4) is 0 Å². The van der Waals surface area contributed by atoms with E-state index in [4.69, 9.17) is 18.0 Å². The Morgan fingerprint density at radius 3 is 2.79 bits per heavy atom. The molecule has 19 heavy (non-hydrogen) atoms. The van der Waals surface area contributed by atoms with Crippen LogP contribution in [-0.4, -0.2) is 46.3 Å². The van der Waals surface area contributed by atoms with Gasteiger partial charge in [-0.3, -0.25) is 0 Å². The number of nitrogens with two attached hydrogens (primary N) is 1. The molecule has 6 heteroatoms. The highest BCUT2D eigenvalue weighted by molar-refractivity contribution is 7.80. The zero-order chi connectivity index (χ0) is 14.0. The monoisotopic (exact) mass is 279 g/mol. The fourth-order valence-corrected chi connectivity index (χ4v) is 2.74. The summed E-state index contributed by atoms with van der Waals surface area (Å²) in [4.78, 5) is 2.69. The van der Waals surface area contributed by atoms with Crippen LogP contribution < -0.4 is 11.1 Å². The molecule has 0 bridgehead atoms. The normalized spacial score (nSPS) is 20.3. The van der Waals surface area contributed by atoms with Gasteiger partial charge >= 0.3 is 0 Å². The number of rotatable bonds is 3. The maximum atomic E-state index is 5.83. The molecule has 0 aliphatic carbocycles. The maximum Gasteiger partial charge on any atom is 0.159 e. The van der Waals surface area contributed by atoms with E-state index in [-0.39, 0.29) is 0 Å². The predicted molar refractivity (Wildman–Crippen MR) is 81.5 cm³/mol. The lowest BCUT2D eigenvalue weighted by molar-refractivity contribution is 0.260. The van der Waals surface area contributed by atoms with E-state index in [0.717, 1.165) is 42.1 Å². The quantitative estimate of drug-likeness (QED) is 0.811. The van der Waals surface area contributed by atoms with E-state index in [1.54, 1.807) is 0 Å². The molecular formula is C13H21N5S. The van der Waals surface area contributed by atoms with Crippen molar-refractivity contribution in [2.45, 2.75) is 32.7 Å². The minimum absolute atomic E-state index is 0.377. The van der Waals surface area contributed by atoms with Crippen molar-refractivity contribution in [2.75, 3.05) is 25.5 Å². The number of anilines is 1. The molecule has 0 aromatic carbocycles. The van der Waals surface area contributed by atoms with Gasteiger partial charge in [-0.05, 0) is 45.8 Å². The number of aromatic nitrogens is 2. The van der Waals surface area contributed by atoms with Crippen molar-refractivity contribution in [1.29, 1.82) is 0 Å². The maximum absolute atomic E-state index is 5.83. The molecular weight excluding hydrogens is 258 g/mol. The first kappa shape index (κ1) is 14.1. The highest BCUT2D eigenvalue weighted by atomic mass is 32.1. The zero-order valence-electron chi connectivity index (χ0n) is 11.7. The summed E-state index contributed by atoms with van der Waals surface area (Å²) in [6.07, 6.45) is 2.32. The molecule has 1 aliphatic heterocycles. The van der Waals surface area contributed by atoms with Gasteiger partial charge in [0.25, 0.3) is 0 Å². The number of hydrogen-bond acceptors (Lipinski definition) is 5. The summed E-state index contributed by atoms with van der Waals surface area (Å²) in [5.74, 6) is 0.718. The van der Waals surface area contributed by atoms with Crippen LogP contribution in [0.1, 0.15) is 29.7 Å². The minimum Gasteiger partial charge on any atom is -0.389 e. The van der Waals surface area contributed by atoms with Gasteiger partial charge in [0.05, 0.1) is 11.3 Å². The van der Waals surface area contributed by atoms with Gasteiger partial charge in [-0.25, -0.2) is 0 Å². The van der Waals surface area contributed by atoms with Gasteiger partial charge in [-0.2, -0.15) is 5.10 Å². The Bertz CT molecular complexity index is 488. The first-order valence-electron chi connectivity index (χ1n) is 6.57. The molecule has 5 nitrogen and oxygen atoms in total. The molecule has 1 saturated heterocycles. The Balaban J connectivity index is 2.24. The van der Waals surface area contributed by atoms with E-state index in [0.29, 0.717) is 11.0 Å². The van der Waals surface area contributed by atoms with Crippen molar-refractivity contribution < 1.29 is 0 Å². The summed E-state index contributed by atoms with van der Waals surface area (Å²) < 4.78 is 0. The number of likely N-dealkylation sites (N-methyl/N-ethyl adjacent to an activating group) is 1. The number of nitrogens with zero attached hydrogens (tertiary/aromatic N) is 3. The zero-order valence-corrected chi connectivity index (χ0v) is 12.5. The molecule has 1 unspecified atom stereocenters. The Kier molecular flexibility index (Phi) is 4.31. The Labute approximate surface area is 119 Å². The van der Waals surface area contributed by atoms with Crippen LogP contribution in [0.3, 0.4) is 0 Å². The molecule has 3 N–H and O–H groups in total. The molecule has 1 atom stereocenters. The highest BCUT2D eigenvalue weighted by Crippen LogP contribution is 2.21. The summed E-state index contributed by atoms with van der Waals surface area (Å²) in [5, 5.41) is 11.8. The lowest BCUT2D eigenvalue weighted by Gasteiger charge is -2.31. The number of aryl methyl sites for hydroxylation is 1. The van der Waals surface area contributed by atoms with Crippen molar-refractivity contribution in [2.24, 2.45) is 5.73 Å². The standard InChI is InChI=1S/C13H21N5S/c1-8-9(2)16-17-13(11(8)12(14)19)15-10-5-4-6-18(3)7-10/h10H,4-7H2,1-3H3,(H2,14,19)(H,15,17). The van der Waals surface area contributed by atoms with Crippen LogP contribution in [0.15, 0.2) is 0 Å². The molecule has 0 saturated carbocycles. The molecule has 104 valence electrons. The fraction of sp³-hybridized carbons (Fsp3) is 0.615. The van der Waals surface area contributed by atoms with Gasteiger partial charge in [0.1, 0.15) is 4.99 Å². The van der Waals surface area contributed by atoms with Crippen LogP contribution in [0.5, 0.6) is 0 Å². The average Bonchev–Trinajstić information content (AvgIpc) is 2.33. The topological polar surface area (TPSA) is 67.1 Å². The Hall–Kier alpha value is -1.27. The van der Waals surface area contributed by atoms with Crippen LogP contribution >= 0.6 is 12.2 Å². The van der Waals surface area contributed by atoms with Crippen LogP contribution in [-0.2, 0) is 0 Å². The van der Waals surface area contributed by atoms with Crippen molar-refractivity contribution in [3.63, 3.8) is 0 Å². The molecule has 2 heterocycles. The number of thiocarbonyl (C=S) groups is 1. The van der Waals surface area contributed by atoms with Crippen molar-refractivity contribution in [1.82, 2.24) is 15.1 Å². The second kappa shape index (κ2) is 5.79. The molecule has 1 aliphatic rings. The van der Waals surface area contributed by atoms with E-state index in [1.807, 2.05) is 13.8 Å². The lowest BCUT2D eigenvalue weighted by Crippen LogP contribution is -2.40. The largest absolute Gasteiger partial charge is 0.389 e. The molecule has 0 radical (unpaired) electrons. The summed E-state index contributed by atoms with van der Waals surface area (Å²) in [6, 6.07) is 0.378. The number of hydrogen-bond donors (Lipinski definition) is 2. The molecule has 0 spiro atoms. The molecule has 1 fully saturated rings. The van der Waals surface area contributed by atoms with Gasteiger partial charge in [0.15, 0.2) is 5.82 Å². The molecule has 1 aromatic heterocycles. The van der Waals surface area contributed by atoms with Gasteiger partial charge in [0, 0.05) is 12.6 Å². The third-order valence-electron chi connectivity index (χ3n) is 3.67. The number of piperidine rings is 1. The van der Waals surface area contributed by atoms with Crippen molar-refractivity contribution >= 4 is 23.0 Å². The average molecular weight is 279 g/mol. The van der Waals surface area contributed by atoms with E-state index in [9.17, 15) is 0 Å². The molecule has 0 amide bonds. The first-order chi connectivity index (χ1) is 8.99. The van der Waals surface area contributed by atoms with Crippen LogP contribution in [0.25, 0.3) is 0 Å². The van der Waals surface area contributed by atoms with E-state index in [1.165, 1.54) is 6.42 Å². The number of likely N-dealkylation sites (tertiary alicyclic amines) is 1. The minimum atomic E-state index is 0.377. The lowest BCUT2D eigenvalue weighted by atomic mass is 10.0. The highest BCUT2D eigenvalue weighted by Gasteiger charge is 2.20. The second-order valence-corrected chi connectivity index (χ2v) is 5.68. The van der Waals surface area contributed by atoms with Gasteiger partial charge in [-0.15, -0.1) is 5.10 Å².